The third-order valence-electron chi connectivity index (χ3n) is 2.76. The number of halogens is 1. The van der Waals surface area contributed by atoms with Gasteiger partial charge in [0.1, 0.15) is 5.69 Å². The van der Waals surface area contributed by atoms with E-state index in [0.717, 1.165) is 34.8 Å². The fraction of sp³-hybridized carbons (Fsp3) is 0.333. The summed E-state index contributed by atoms with van der Waals surface area (Å²) in [6.45, 7) is 5.71. The molecule has 0 aliphatic rings. The van der Waals surface area contributed by atoms with E-state index in [1.807, 2.05) is 37.1 Å². The van der Waals surface area contributed by atoms with Gasteiger partial charge in [0.05, 0.1) is 5.52 Å². The maximum Gasteiger partial charge on any atom is 0.170 e. The van der Waals surface area contributed by atoms with Crippen molar-refractivity contribution in [3.8, 4) is 0 Å². The van der Waals surface area contributed by atoms with Crippen molar-refractivity contribution >= 4 is 33.1 Å². The Morgan fingerprint density at radius 2 is 2.12 bits per heavy atom. The average molecular weight is 296 g/mol. The Labute approximate surface area is 108 Å². The number of rotatable bonds is 4. The van der Waals surface area contributed by atoms with Gasteiger partial charge < -0.3 is 0 Å². The first-order valence-electron chi connectivity index (χ1n) is 5.60. The number of hydrogen-bond donors (Lipinski definition) is 0. The molecule has 2 aromatic rings. The first-order valence-corrected chi connectivity index (χ1v) is 6.39. The highest BCUT2D eigenvalue weighted by Gasteiger charge is 2.14. The number of carbonyl (C=O) groups excluding carboxylic acids is 1. The molecule has 0 saturated carbocycles. The van der Waals surface area contributed by atoms with Crippen molar-refractivity contribution in [2.75, 3.05) is 18.1 Å². The Balaban J connectivity index is 2.67. The summed E-state index contributed by atoms with van der Waals surface area (Å²) in [6.07, 6.45) is 0.861. The molecule has 4 nitrogen and oxygen atoms in total. The molecule has 0 aliphatic carbocycles. The highest BCUT2D eigenvalue weighted by molar-refractivity contribution is 9.10. The molecule has 1 heterocycles. The predicted octanol–water partition coefficient (Wildman–Crippen LogP) is 2.59. The highest BCUT2D eigenvalue weighted by Crippen LogP contribution is 2.22. The molecule has 0 bridgehead atoms. The summed E-state index contributed by atoms with van der Waals surface area (Å²) in [5.41, 5.74) is 1.44. The minimum Gasteiger partial charge on any atom is -0.297 e. The van der Waals surface area contributed by atoms with Crippen LogP contribution in [0.25, 0.3) is 10.9 Å². The van der Waals surface area contributed by atoms with E-state index < -0.39 is 0 Å². The molecular weight excluding hydrogens is 282 g/mol. The molecule has 5 heteroatoms. The molecule has 1 aromatic heterocycles. The van der Waals surface area contributed by atoms with Crippen LogP contribution in [0.1, 0.15) is 24.3 Å². The van der Waals surface area contributed by atoms with Crippen LogP contribution in [0.2, 0.25) is 0 Å². The molecule has 0 unspecified atom stereocenters. The van der Waals surface area contributed by atoms with Gasteiger partial charge in [0.2, 0.25) is 0 Å². The third-order valence-corrected chi connectivity index (χ3v) is 3.26. The maximum atomic E-state index is 11.2. The number of nitrogens with zero attached hydrogens (tertiary/aromatic N) is 3. The molecule has 0 aliphatic heterocycles. The lowest BCUT2D eigenvalue weighted by molar-refractivity contribution is 0.111. The number of carbonyl (C=O) groups is 1. The van der Waals surface area contributed by atoms with Crippen molar-refractivity contribution in [2.45, 2.75) is 13.8 Å². The second-order valence-corrected chi connectivity index (χ2v) is 4.61. The SMILES string of the molecule is CCN(CC)n1nc2ccc(Br)cc2c1C=O. The van der Waals surface area contributed by atoms with Gasteiger partial charge in [0.25, 0.3) is 0 Å². The van der Waals surface area contributed by atoms with Crippen LogP contribution in [0.3, 0.4) is 0 Å². The van der Waals surface area contributed by atoms with E-state index in [4.69, 9.17) is 0 Å². The molecule has 2 rings (SSSR count). The first kappa shape index (κ1) is 12.1. The molecule has 0 saturated heterocycles. The Hall–Kier alpha value is -1.36. The molecule has 0 atom stereocenters. The minimum atomic E-state index is 0.602. The Bertz CT molecular complexity index is 546. The van der Waals surface area contributed by atoms with Gasteiger partial charge in [-0.15, -0.1) is 0 Å². The molecule has 1 aromatic carbocycles. The van der Waals surface area contributed by atoms with Crippen LogP contribution in [0.15, 0.2) is 22.7 Å². The van der Waals surface area contributed by atoms with Crippen molar-refractivity contribution in [2.24, 2.45) is 0 Å². The first-order chi connectivity index (χ1) is 8.21. The summed E-state index contributed by atoms with van der Waals surface area (Å²) in [7, 11) is 0. The number of hydrogen-bond acceptors (Lipinski definition) is 3. The summed E-state index contributed by atoms with van der Waals surface area (Å²) in [4.78, 5) is 12.9. The molecule has 0 radical (unpaired) electrons. The molecule has 17 heavy (non-hydrogen) atoms. The van der Waals surface area contributed by atoms with Crippen molar-refractivity contribution < 1.29 is 4.79 Å². The van der Waals surface area contributed by atoms with E-state index in [-0.39, 0.29) is 0 Å². The van der Waals surface area contributed by atoms with E-state index in [1.165, 1.54) is 0 Å². The lowest BCUT2D eigenvalue weighted by Crippen LogP contribution is -2.36. The highest BCUT2D eigenvalue weighted by atomic mass is 79.9. The normalized spacial score (nSPS) is 10.8. The largest absolute Gasteiger partial charge is 0.297 e. The van der Waals surface area contributed by atoms with Gasteiger partial charge in [-0.1, -0.05) is 15.9 Å². The van der Waals surface area contributed by atoms with Gasteiger partial charge in [0, 0.05) is 22.9 Å². The van der Waals surface area contributed by atoms with Crippen molar-refractivity contribution in [3.63, 3.8) is 0 Å². The topological polar surface area (TPSA) is 38.1 Å². The second kappa shape index (κ2) is 4.87. The monoisotopic (exact) mass is 295 g/mol. The third kappa shape index (κ3) is 2.07. The predicted molar refractivity (Wildman–Crippen MR) is 72.1 cm³/mol. The number of fused-ring (bicyclic) bond motifs is 1. The lowest BCUT2D eigenvalue weighted by Gasteiger charge is -2.21. The van der Waals surface area contributed by atoms with Gasteiger partial charge in [-0.25, -0.2) is 0 Å². The zero-order chi connectivity index (χ0) is 12.4. The number of benzene rings is 1. The van der Waals surface area contributed by atoms with Crippen LogP contribution in [0.4, 0.5) is 0 Å². The fourth-order valence-corrected chi connectivity index (χ4v) is 2.24. The number of aldehydes is 1. The van der Waals surface area contributed by atoms with Gasteiger partial charge in [0.15, 0.2) is 6.29 Å². The van der Waals surface area contributed by atoms with Crippen LogP contribution >= 0.6 is 15.9 Å². The number of aromatic nitrogens is 2. The quantitative estimate of drug-likeness (QED) is 0.814. The summed E-state index contributed by atoms with van der Waals surface area (Å²) in [5.74, 6) is 0. The molecule has 90 valence electrons. The zero-order valence-corrected chi connectivity index (χ0v) is 11.4. The van der Waals surface area contributed by atoms with Gasteiger partial charge in [-0.3, -0.25) is 9.80 Å². The van der Waals surface area contributed by atoms with Crippen LogP contribution < -0.4 is 5.01 Å². The van der Waals surface area contributed by atoms with Gasteiger partial charge in [-0.05, 0) is 32.0 Å². The summed E-state index contributed by atoms with van der Waals surface area (Å²) in [6, 6.07) is 5.76. The molecule has 0 spiro atoms. The smallest absolute Gasteiger partial charge is 0.170 e. The summed E-state index contributed by atoms with van der Waals surface area (Å²) < 4.78 is 0.951. The molecule has 0 fully saturated rings. The molecule has 0 N–H and O–H groups in total. The van der Waals surface area contributed by atoms with Crippen molar-refractivity contribution in [1.29, 1.82) is 0 Å². The van der Waals surface area contributed by atoms with Crippen LogP contribution in [-0.4, -0.2) is 29.3 Å². The van der Waals surface area contributed by atoms with E-state index >= 15 is 0 Å². The second-order valence-electron chi connectivity index (χ2n) is 3.69. The van der Waals surface area contributed by atoms with E-state index in [1.54, 1.807) is 4.79 Å². The maximum absolute atomic E-state index is 11.2. The van der Waals surface area contributed by atoms with E-state index in [2.05, 4.69) is 21.0 Å². The van der Waals surface area contributed by atoms with Gasteiger partial charge >= 0.3 is 0 Å². The van der Waals surface area contributed by atoms with Crippen molar-refractivity contribution in [1.82, 2.24) is 9.89 Å². The summed E-state index contributed by atoms with van der Waals surface area (Å²) in [5, 5.41) is 7.34. The molecular formula is C12H14BrN3O. The van der Waals surface area contributed by atoms with Gasteiger partial charge in [-0.2, -0.15) is 9.89 Å². The fourth-order valence-electron chi connectivity index (χ4n) is 1.88. The molecule has 0 amide bonds. The Morgan fingerprint density at radius 3 is 2.71 bits per heavy atom. The van der Waals surface area contributed by atoms with Crippen LogP contribution in [-0.2, 0) is 0 Å². The minimum absolute atomic E-state index is 0.602. The summed E-state index contributed by atoms with van der Waals surface area (Å²) >= 11 is 3.41. The van der Waals surface area contributed by atoms with Crippen molar-refractivity contribution in [3.05, 3.63) is 28.4 Å². The Kier molecular flexibility index (Phi) is 3.47. The average Bonchev–Trinajstić information content (AvgIpc) is 2.68. The van der Waals surface area contributed by atoms with E-state index in [0.29, 0.717) is 5.69 Å². The van der Waals surface area contributed by atoms with Crippen LogP contribution in [0.5, 0.6) is 0 Å². The van der Waals surface area contributed by atoms with E-state index in [9.17, 15) is 4.79 Å². The zero-order valence-electron chi connectivity index (χ0n) is 9.85. The standard InChI is InChI=1S/C12H14BrN3O/c1-3-15(4-2)16-12(8-17)10-7-9(13)5-6-11(10)14-16/h5-8H,3-4H2,1-2H3. The lowest BCUT2D eigenvalue weighted by atomic mass is 10.2. The van der Waals surface area contributed by atoms with Crippen LogP contribution in [0, 0.1) is 0 Å². The Morgan fingerprint density at radius 1 is 1.41 bits per heavy atom.